The Morgan fingerprint density at radius 3 is 2.72 bits per heavy atom. The van der Waals surface area contributed by atoms with E-state index in [1.54, 1.807) is 0 Å². The Morgan fingerprint density at radius 1 is 1.28 bits per heavy atom. The first kappa shape index (κ1) is 14.8. The van der Waals surface area contributed by atoms with E-state index in [1.165, 1.54) is 11.8 Å². The highest BCUT2D eigenvalue weighted by Gasteiger charge is 2.07. The predicted octanol–water partition coefficient (Wildman–Crippen LogP) is 2.44. The van der Waals surface area contributed by atoms with Crippen LogP contribution < -0.4 is 5.32 Å². The summed E-state index contributed by atoms with van der Waals surface area (Å²) in [5.74, 6) is 0.770. The Labute approximate surface area is 112 Å². The zero-order valence-electron chi connectivity index (χ0n) is 10.9. The fraction of sp³-hybridized carbons (Fsp3) is 0.429. The summed E-state index contributed by atoms with van der Waals surface area (Å²) in [5, 5.41) is 2.78. The van der Waals surface area contributed by atoms with E-state index in [-0.39, 0.29) is 11.7 Å². The SMILES string of the molecule is CCCNC(=O)CSCC(=O)c1cccc(C)c1. The van der Waals surface area contributed by atoms with Gasteiger partial charge >= 0.3 is 0 Å². The fourth-order valence-corrected chi connectivity index (χ4v) is 2.20. The molecule has 0 aliphatic carbocycles. The van der Waals surface area contributed by atoms with Crippen molar-refractivity contribution in [2.45, 2.75) is 20.3 Å². The van der Waals surface area contributed by atoms with Crippen LogP contribution in [0.1, 0.15) is 29.3 Å². The summed E-state index contributed by atoms with van der Waals surface area (Å²) in [7, 11) is 0. The summed E-state index contributed by atoms with van der Waals surface area (Å²) >= 11 is 1.36. The first-order valence-electron chi connectivity index (χ1n) is 6.07. The average molecular weight is 265 g/mol. The fourth-order valence-electron chi connectivity index (χ4n) is 1.45. The molecule has 1 amide bonds. The van der Waals surface area contributed by atoms with Crippen LogP contribution in [-0.4, -0.2) is 29.7 Å². The summed E-state index contributed by atoms with van der Waals surface area (Å²) in [6, 6.07) is 7.52. The van der Waals surface area contributed by atoms with Crippen LogP contribution in [0.3, 0.4) is 0 Å². The lowest BCUT2D eigenvalue weighted by molar-refractivity contribution is -0.118. The Kier molecular flexibility index (Phi) is 6.50. The lowest BCUT2D eigenvalue weighted by Crippen LogP contribution is -2.26. The van der Waals surface area contributed by atoms with E-state index < -0.39 is 0 Å². The van der Waals surface area contributed by atoms with Gasteiger partial charge in [0.15, 0.2) is 5.78 Å². The molecular formula is C14H19NO2S. The van der Waals surface area contributed by atoms with E-state index in [4.69, 9.17) is 0 Å². The molecule has 1 aromatic carbocycles. The zero-order chi connectivity index (χ0) is 13.4. The zero-order valence-corrected chi connectivity index (χ0v) is 11.7. The molecular weight excluding hydrogens is 246 g/mol. The van der Waals surface area contributed by atoms with Gasteiger partial charge in [0.05, 0.1) is 11.5 Å². The van der Waals surface area contributed by atoms with Crippen LogP contribution in [0.25, 0.3) is 0 Å². The molecule has 0 aromatic heterocycles. The summed E-state index contributed by atoms with van der Waals surface area (Å²) in [6.45, 7) is 4.67. The van der Waals surface area contributed by atoms with E-state index in [1.807, 2.05) is 38.1 Å². The van der Waals surface area contributed by atoms with Crippen molar-refractivity contribution in [3.8, 4) is 0 Å². The quantitative estimate of drug-likeness (QED) is 0.770. The molecule has 0 atom stereocenters. The van der Waals surface area contributed by atoms with Gasteiger partial charge in [-0.2, -0.15) is 0 Å². The maximum atomic E-state index is 11.8. The van der Waals surface area contributed by atoms with Crippen LogP contribution in [0.15, 0.2) is 24.3 Å². The second-order valence-electron chi connectivity index (χ2n) is 4.14. The second-order valence-corrected chi connectivity index (χ2v) is 5.12. The molecule has 0 aliphatic rings. The van der Waals surface area contributed by atoms with Crippen molar-refractivity contribution in [3.05, 3.63) is 35.4 Å². The third-order valence-corrected chi connectivity index (χ3v) is 3.31. The van der Waals surface area contributed by atoms with Gasteiger partial charge in [-0.15, -0.1) is 11.8 Å². The third kappa shape index (κ3) is 5.36. The van der Waals surface area contributed by atoms with E-state index in [9.17, 15) is 9.59 Å². The number of aryl methyl sites for hydroxylation is 1. The lowest BCUT2D eigenvalue weighted by atomic mass is 10.1. The van der Waals surface area contributed by atoms with Gasteiger partial charge in [-0.05, 0) is 19.4 Å². The van der Waals surface area contributed by atoms with Gasteiger partial charge in [-0.1, -0.05) is 30.7 Å². The third-order valence-electron chi connectivity index (χ3n) is 2.38. The van der Waals surface area contributed by atoms with Gasteiger partial charge in [0, 0.05) is 12.1 Å². The Bertz CT molecular complexity index is 418. The summed E-state index contributed by atoms with van der Waals surface area (Å²) in [6.07, 6.45) is 0.929. The van der Waals surface area contributed by atoms with E-state index in [0.717, 1.165) is 17.5 Å². The molecule has 4 heteroatoms. The number of carbonyl (C=O) groups excluding carboxylic acids is 2. The van der Waals surface area contributed by atoms with Crippen molar-refractivity contribution >= 4 is 23.5 Å². The molecule has 1 aromatic rings. The Morgan fingerprint density at radius 2 is 2.06 bits per heavy atom. The number of Topliss-reactive ketones (excluding diaryl/α,β-unsaturated/α-hetero) is 1. The topological polar surface area (TPSA) is 46.2 Å². The number of thioether (sulfide) groups is 1. The summed E-state index contributed by atoms with van der Waals surface area (Å²) in [4.78, 5) is 23.2. The van der Waals surface area contributed by atoms with Crippen LogP contribution in [0, 0.1) is 6.92 Å². The van der Waals surface area contributed by atoms with E-state index in [2.05, 4.69) is 5.32 Å². The van der Waals surface area contributed by atoms with Crippen molar-refractivity contribution in [2.75, 3.05) is 18.1 Å². The smallest absolute Gasteiger partial charge is 0.230 e. The molecule has 0 saturated carbocycles. The Hall–Kier alpha value is -1.29. The molecule has 0 radical (unpaired) electrons. The molecule has 1 N–H and O–H groups in total. The van der Waals surface area contributed by atoms with Crippen LogP contribution >= 0.6 is 11.8 Å². The number of hydrogen-bond donors (Lipinski definition) is 1. The molecule has 0 bridgehead atoms. The van der Waals surface area contributed by atoms with Crippen LogP contribution in [0.5, 0.6) is 0 Å². The largest absolute Gasteiger partial charge is 0.355 e. The molecule has 98 valence electrons. The number of carbonyl (C=O) groups is 2. The number of hydrogen-bond acceptors (Lipinski definition) is 3. The maximum Gasteiger partial charge on any atom is 0.230 e. The molecule has 1 rings (SSSR count). The van der Waals surface area contributed by atoms with Gasteiger partial charge in [-0.25, -0.2) is 0 Å². The number of benzene rings is 1. The van der Waals surface area contributed by atoms with Crippen LogP contribution in [0.4, 0.5) is 0 Å². The van der Waals surface area contributed by atoms with E-state index in [0.29, 0.717) is 18.1 Å². The Balaban J connectivity index is 2.31. The minimum atomic E-state index is -0.00103. The average Bonchev–Trinajstić information content (AvgIpc) is 2.36. The van der Waals surface area contributed by atoms with Gasteiger partial charge in [0.2, 0.25) is 5.91 Å². The van der Waals surface area contributed by atoms with Gasteiger partial charge in [-0.3, -0.25) is 9.59 Å². The minimum Gasteiger partial charge on any atom is -0.355 e. The molecule has 0 heterocycles. The van der Waals surface area contributed by atoms with Crippen molar-refractivity contribution in [1.82, 2.24) is 5.32 Å². The maximum absolute atomic E-state index is 11.8. The molecule has 0 unspecified atom stereocenters. The highest BCUT2D eigenvalue weighted by atomic mass is 32.2. The number of ketones is 1. The van der Waals surface area contributed by atoms with Crippen molar-refractivity contribution in [2.24, 2.45) is 0 Å². The molecule has 0 spiro atoms. The summed E-state index contributed by atoms with van der Waals surface area (Å²) in [5.41, 5.74) is 1.79. The normalized spacial score (nSPS) is 10.1. The van der Waals surface area contributed by atoms with Gasteiger partial charge in [0.25, 0.3) is 0 Å². The molecule has 3 nitrogen and oxygen atoms in total. The predicted molar refractivity (Wildman–Crippen MR) is 76.1 cm³/mol. The molecule has 0 saturated heterocycles. The minimum absolute atomic E-state index is 0.00103. The summed E-state index contributed by atoms with van der Waals surface area (Å²) < 4.78 is 0. The first-order chi connectivity index (χ1) is 8.63. The standard InChI is InChI=1S/C14H19NO2S/c1-3-7-15-14(17)10-18-9-13(16)12-6-4-5-11(2)8-12/h4-6,8H,3,7,9-10H2,1-2H3,(H,15,17). The van der Waals surface area contributed by atoms with E-state index >= 15 is 0 Å². The highest BCUT2D eigenvalue weighted by molar-refractivity contribution is 8.00. The molecule has 0 aliphatic heterocycles. The van der Waals surface area contributed by atoms with Gasteiger partial charge < -0.3 is 5.32 Å². The second kappa shape index (κ2) is 7.93. The van der Waals surface area contributed by atoms with Crippen LogP contribution in [0.2, 0.25) is 0 Å². The van der Waals surface area contributed by atoms with Gasteiger partial charge in [0.1, 0.15) is 0 Å². The lowest BCUT2D eigenvalue weighted by Gasteiger charge is -2.04. The molecule has 18 heavy (non-hydrogen) atoms. The first-order valence-corrected chi connectivity index (χ1v) is 7.23. The molecule has 0 fully saturated rings. The number of nitrogens with one attached hydrogen (secondary N) is 1. The highest BCUT2D eigenvalue weighted by Crippen LogP contribution is 2.09. The number of amides is 1. The monoisotopic (exact) mass is 265 g/mol. The van der Waals surface area contributed by atoms with Crippen molar-refractivity contribution in [1.29, 1.82) is 0 Å². The van der Waals surface area contributed by atoms with Crippen LogP contribution in [-0.2, 0) is 4.79 Å². The number of rotatable bonds is 7. The van der Waals surface area contributed by atoms with Crippen molar-refractivity contribution < 1.29 is 9.59 Å². The van der Waals surface area contributed by atoms with Crippen molar-refractivity contribution in [3.63, 3.8) is 0 Å².